The summed E-state index contributed by atoms with van der Waals surface area (Å²) in [6.07, 6.45) is 6.56. The first-order valence-electron chi connectivity index (χ1n) is 9.78. The zero-order valence-corrected chi connectivity index (χ0v) is 15.2. The van der Waals surface area contributed by atoms with Crippen LogP contribution in [0.4, 0.5) is 0 Å². The lowest BCUT2D eigenvalue weighted by atomic mass is 9.47. The van der Waals surface area contributed by atoms with Gasteiger partial charge in [-0.1, -0.05) is 18.2 Å². The molecule has 2 amide bonds. The van der Waals surface area contributed by atoms with E-state index in [2.05, 4.69) is 10.6 Å². The van der Waals surface area contributed by atoms with E-state index < -0.39 is 5.60 Å². The molecule has 3 N–H and O–H groups in total. The lowest BCUT2D eigenvalue weighted by Crippen LogP contribution is -2.56. The number of hydrogen-bond donors (Lipinski definition) is 3. The Hall–Kier alpha value is -1.88. The minimum atomic E-state index is -0.520. The third-order valence-corrected chi connectivity index (χ3v) is 6.46. The summed E-state index contributed by atoms with van der Waals surface area (Å²) in [6, 6.07) is 9.07. The third-order valence-electron chi connectivity index (χ3n) is 6.46. The van der Waals surface area contributed by atoms with E-state index in [9.17, 15) is 14.7 Å². The van der Waals surface area contributed by atoms with Gasteiger partial charge in [-0.25, -0.2) is 0 Å². The second-order valence-electron chi connectivity index (χ2n) is 8.83. The Labute approximate surface area is 154 Å². The van der Waals surface area contributed by atoms with Gasteiger partial charge in [0.05, 0.1) is 5.60 Å². The van der Waals surface area contributed by atoms with Gasteiger partial charge in [0.2, 0.25) is 5.91 Å². The van der Waals surface area contributed by atoms with E-state index in [0.717, 1.165) is 32.1 Å². The standard InChI is InChI=1S/C21H28N2O3/c24-18(22-6-7-23-19(25)17-4-2-1-3-5-17)13-20-9-15-8-16(10-20)12-21(26,11-15)14-20/h1-5,15-16,26H,6-14H2,(H,22,24)(H,23,25)/t15-,16-,20?,21?/m1/s1. The van der Waals surface area contributed by atoms with Crippen molar-refractivity contribution in [2.24, 2.45) is 17.3 Å². The molecule has 0 aromatic heterocycles. The Morgan fingerprint density at radius 3 is 2.31 bits per heavy atom. The van der Waals surface area contributed by atoms with Crippen molar-refractivity contribution in [3.63, 3.8) is 0 Å². The average Bonchev–Trinajstić information content (AvgIpc) is 2.56. The van der Waals surface area contributed by atoms with Gasteiger partial charge in [0.25, 0.3) is 5.91 Å². The van der Waals surface area contributed by atoms with E-state index in [1.807, 2.05) is 18.2 Å². The maximum Gasteiger partial charge on any atom is 0.251 e. The van der Waals surface area contributed by atoms with E-state index >= 15 is 0 Å². The highest BCUT2D eigenvalue weighted by molar-refractivity contribution is 5.94. The van der Waals surface area contributed by atoms with Crippen LogP contribution in [-0.4, -0.2) is 35.6 Å². The first-order valence-corrected chi connectivity index (χ1v) is 9.78. The number of amides is 2. The van der Waals surface area contributed by atoms with Crippen molar-refractivity contribution in [3.8, 4) is 0 Å². The molecule has 4 bridgehead atoms. The van der Waals surface area contributed by atoms with Crippen LogP contribution < -0.4 is 10.6 Å². The van der Waals surface area contributed by atoms with E-state index in [1.165, 1.54) is 6.42 Å². The highest BCUT2D eigenvalue weighted by Gasteiger charge is 2.57. The van der Waals surface area contributed by atoms with Crippen molar-refractivity contribution in [1.82, 2.24) is 10.6 Å². The molecule has 0 spiro atoms. The SMILES string of the molecule is O=C(CC12C[C@H]3C[C@@H](CC(O)(C3)C1)C2)NCCNC(=O)c1ccccc1. The Bertz CT molecular complexity index is 674. The highest BCUT2D eigenvalue weighted by Crippen LogP contribution is 2.62. The van der Waals surface area contributed by atoms with E-state index in [1.54, 1.807) is 12.1 Å². The molecule has 4 saturated carbocycles. The Morgan fingerprint density at radius 2 is 1.65 bits per heavy atom. The van der Waals surface area contributed by atoms with Crippen LogP contribution in [0.25, 0.3) is 0 Å². The number of carbonyl (C=O) groups is 2. The van der Waals surface area contributed by atoms with Gasteiger partial charge in [0.15, 0.2) is 0 Å². The van der Waals surface area contributed by atoms with Gasteiger partial charge < -0.3 is 15.7 Å². The predicted molar refractivity (Wildman–Crippen MR) is 98.5 cm³/mol. The van der Waals surface area contributed by atoms with E-state index in [4.69, 9.17) is 0 Å². The minimum Gasteiger partial charge on any atom is -0.390 e. The van der Waals surface area contributed by atoms with Crippen molar-refractivity contribution in [2.75, 3.05) is 13.1 Å². The summed E-state index contributed by atoms with van der Waals surface area (Å²) in [5, 5.41) is 16.6. The summed E-state index contributed by atoms with van der Waals surface area (Å²) in [5.41, 5.74) is 0.102. The molecular weight excluding hydrogens is 328 g/mol. The van der Waals surface area contributed by atoms with Crippen molar-refractivity contribution in [1.29, 1.82) is 0 Å². The fourth-order valence-corrected chi connectivity index (χ4v) is 6.08. The minimum absolute atomic E-state index is 0.00377. The lowest BCUT2D eigenvalue weighted by Gasteiger charge is -2.60. The van der Waals surface area contributed by atoms with Gasteiger partial charge in [0.1, 0.15) is 0 Å². The van der Waals surface area contributed by atoms with E-state index in [-0.39, 0.29) is 17.2 Å². The molecule has 0 saturated heterocycles. The topological polar surface area (TPSA) is 78.4 Å². The van der Waals surface area contributed by atoms with Crippen molar-refractivity contribution in [2.45, 2.75) is 50.5 Å². The Balaban J connectivity index is 1.23. The Morgan fingerprint density at radius 1 is 1.00 bits per heavy atom. The predicted octanol–water partition coefficient (Wildman–Crippen LogP) is 2.25. The molecule has 0 radical (unpaired) electrons. The number of hydrogen-bond acceptors (Lipinski definition) is 3. The molecule has 0 aliphatic heterocycles. The smallest absolute Gasteiger partial charge is 0.251 e. The maximum absolute atomic E-state index is 12.4. The molecule has 140 valence electrons. The molecule has 5 heteroatoms. The fourth-order valence-electron chi connectivity index (χ4n) is 6.08. The summed E-state index contributed by atoms with van der Waals surface area (Å²) in [4.78, 5) is 24.4. The zero-order chi connectivity index (χ0) is 18.2. The van der Waals surface area contributed by atoms with Crippen LogP contribution in [0.3, 0.4) is 0 Å². The van der Waals surface area contributed by atoms with Crippen LogP contribution in [0.1, 0.15) is 55.3 Å². The molecule has 0 heterocycles. The monoisotopic (exact) mass is 356 g/mol. The van der Waals surface area contributed by atoms with Gasteiger partial charge in [-0.05, 0) is 67.9 Å². The quantitative estimate of drug-likeness (QED) is 0.684. The number of rotatable bonds is 6. The normalized spacial score (nSPS) is 34.5. The fraction of sp³-hybridized carbons (Fsp3) is 0.619. The second-order valence-corrected chi connectivity index (χ2v) is 8.83. The van der Waals surface area contributed by atoms with Crippen LogP contribution in [0.2, 0.25) is 0 Å². The highest BCUT2D eigenvalue weighted by atomic mass is 16.3. The van der Waals surface area contributed by atoms with Gasteiger partial charge in [-0.3, -0.25) is 9.59 Å². The third kappa shape index (κ3) is 3.63. The molecule has 4 fully saturated rings. The molecule has 1 aromatic carbocycles. The first-order chi connectivity index (χ1) is 12.5. The van der Waals surface area contributed by atoms with Crippen LogP contribution in [0, 0.1) is 17.3 Å². The zero-order valence-electron chi connectivity index (χ0n) is 15.2. The molecule has 26 heavy (non-hydrogen) atoms. The van der Waals surface area contributed by atoms with Crippen LogP contribution in [0.15, 0.2) is 30.3 Å². The summed E-state index contributed by atoms with van der Waals surface area (Å²) in [5.74, 6) is 1.12. The summed E-state index contributed by atoms with van der Waals surface area (Å²) in [6.45, 7) is 0.853. The number of nitrogens with one attached hydrogen (secondary N) is 2. The average molecular weight is 356 g/mol. The number of aliphatic hydroxyl groups is 1. The Kier molecular flexibility index (Phi) is 4.51. The lowest BCUT2D eigenvalue weighted by molar-refractivity contribution is -0.169. The van der Waals surface area contributed by atoms with Gasteiger partial charge in [-0.2, -0.15) is 0 Å². The summed E-state index contributed by atoms with van der Waals surface area (Å²) in [7, 11) is 0. The van der Waals surface area contributed by atoms with Gasteiger partial charge >= 0.3 is 0 Å². The molecule has 5 rings (SSSR count). The van der Waals surface area contributed by atoms with Crippen LogP contribution in [0.5, 0.6) is 0 Å². The first kappa shape index (κ1) is 17.5. The largest absolute Gasteiger partial charge is 0.390 e. The maximum atomic E-state index is 12.4. The van der Waals surface area contributed by atoms with E-state index in [0.29, 0.717) is 36.9 Å². The van der Waals surface area contributed by atoms with Crippen molar-refractivity contribution in [3.05, 3.63) is 35.9 Å². The summed E-state index contributed by atoms with van der Waals surface area (Å²) < 4.78 is 0. The number of benzene rings is 1. The van der Waals surface area contributed by atoms with Crippen LogP contribution >= 0.6 is 0 Å². The second kappa shape index (κ2) is 6.69. The molecular formula is C21H28N2O3. The molecule has 1 aromatic rings. The van der Waals surface area contributed by atoms with Crippen LogP contribution in [-0.2, 0) is 4.79 Å². The molecule has 4 aliphatic carbocycles. The van der Waals surface area contributed by atoms with Gasteiger partial charge in [0, 0.05) is 25.1 Å². The molecule has 4 aliphatic rings. The molecule has 2 atom stereocenters. The number of carbonyl (C=O) groups excluding carboxylic acids is 2. The van der Waals surface area contributed by atoms with Crippen molar-refractivity contribution < 1.29 is 14.7 Å². The molecule has 5 nitrogen and oxygen atoms in total. The van der Waals surface area contributed by atoms with Gasteiger partial charge in [-0.15, -0.1) is 0 Å². The summed E-state index contributed by atoms with van der Waals surface area (Å²) >= 11 is 0. The van der Waals surface area contributed by atoms with Crippen molar-refractivity contribution >= 4 is 11.8 Å². The molecule has 0 unspecified atom stereocenters.